The summed E-state index contributed by atoms with van der Waals surface area (Å²) in [5, 5.41) is 14.6. The van der Waals surface area contributed by atoms with Gasteiger partial charge in [-0.1, -0.05) is 31.5 Å². The summed E-state index contributed by atoms with van der Waals surface area (Å²) in [5.41, 5.74) is 0.296. The van der Waals surface area contributed by atoms with Crippen molar-refractivity contribution in [2.75, 3.05) is 11.9 Å². The molecule has 1 aromatic heterocycles. The van der Waals surface area contributed by atoms with Crippen LogP contribution in [0.25, 0.3) is 0 Å². The first-order valence-electron chi connectivity index (χ1n) is 8.89. The van der Waals surface area contributed by atoms with E-state index in [-0.39, 0.29) is 17.4 Å². The molecular weight excluding hydrogens is 360 g/mol. The minimum absolute atomic E-state index is 0.0468. The third kappa shape index (κ3) is 4.94. The Balaban J connectivity index is 1.80. The average Bonchev–Trinajstić information content (AvgIpc) is 2.70. The molecule has 3 rings (SSSR count). The fourth-order valence-corrected chi connectivity index (χ4v) is 2.40. The van der Waals surface area contributed by atoms with Crippen molar-refractivity contribution < 1.29 is 14.4 Å². The highest BCUT2D eigenvalue weighted by atomic mass is 16.6. The van der Waals surface area contributed by atoms with Crippen LogP contribution in [-0.2, 0) is 0 Å². The molecule has 0 saturated carbocycles. The molecule has 0 atom stereocenters. The number of ether oxygens (including phenoxy) is 2. The Bertz CT molecular complexity index is 917. The lowest BCUT2D eigenvalue weighted by Crippen LogP contribution is -2.03. The van der Waals surface area contributed by atoms with Gasteiger partial charge in [-0.2, -0.15) is 4.98 Å². The molecule has 0 bridgehead atoms. The van der Waals surface area contributed by atoms with E-state index in [0.717, 1.165) is 18.6 Å². The molecule has 0 spiro atoms. The van der Waals surface area contributed by atoms with E-state index in [1.807, 2.05) is 6.07 Å². The Labute approximate surface area is 162 Å². The van der Waals surface area contributed by atoms with Gasteiger partial charge >= 0.3 is 11.6 Å². The zero-order chi connectivity index (χ0) is 19.8. The van der Waals surface area contributed by atoms with E-state index in [2.05, 4.69) is 22.2 Å². The molecular formula is C20H20N4O4. The number of unbranched alkanes of at least 4 members (excludes halogenated alkanes) is 1. The van der Waals surface area contributed by atoms with Crippen molar-refractivity contribution >= 4 is 17.2 Å². The van der Waals surface area contributed by atoms with Gasteiger partial charge in [0.2, 0.25) is 5.82 Å². The van der Waals surface area contributed by atoms with Gasteiger partial charge in [-0.05, 0) is 42.8 Å². The lowest BCUT2D eigenvalue weighted by molar-refractivity contribution is -0.385. The first-order valence-corrected chi connectivity index (χ1v) is 8.89. The Kier molecular flexibility index (Phi) is 6.35. The summed E-state index contributed by atoms with van der Waals surface area (Å²) in [6, 6.07) is 15.9. The van der Waals surface area contributed by atoms with Crippen molar-refractivity contribution in [2.45, 2.75) is 19.8 Å². The molecule has 144 valence electrons. The van der Waals surface area contributed by atoms with Gasteiger partial charge in [0.05, 0.1) is 11.5 Å². The predicted octanol–water partition coefficient (Wildman–Crippen LogP) is 5.10. The van der Waals surface area contributed by atoms with Crippen LogP contribution < -0.4 is 14.8 Å². The van der Waals surface area contributed by atoms with Gasteiger partial charge in [-0.25, -0.2) is 4.98 Å². The lowest BCUT2D eigenvalue weighted by atomic mass is 10.3. The summed E-state index contributed by atoms with van der Waals surface area (Å²) in [4.78, 5) is 19.0. The zero-order valence-electron chi connectivity index (χ0n) is 15.4. The number of nitro groups is 1. The van der Waals surface area contributed by atoms with Gasteiger partial charge in [0, 0.05) is 5.69 Å². The Morgan fingerprint density at radius 1 is 1.04 bits per heavy atom. The van der Waals surface area contributed by atoms with Crippen molar-refractivity contribution in [3.63, 3.8) is 0 Å². The minimum Gasteiger partial charge on any atom is -0.494 e. The summed E-state index contributed by atoms with van der Waals surface area (Å²) in [6.07, 6.45) is 3.26. The van der Waals surface area contributed by atoms with E-state index >= 15 is 0 Å². The van der Waals surface area contributed by atoms with Crippen molar-refractivity contribution in [3.8, 4) is 17.4 Å². The molecule has 2 aromatic carbocycles. The van der Waals surface area contributed by atoms with Crippen molar-refractivity contribution in [1.29, 1.82) is 0 Å². The molecule has 0 aliphatic heterocycles. The molecule has 0 aliphatic rings. The fourth-order valence-electron chi connectivity index (χ4n) is 2.40. The number of nitrogens with zero attached hydrogens (tertiary/aromatic N) is 3. The van der Waals surface area contributed by atoms with Crippen LogP contribution in [0.3, 0.4) is 0 Å². The number of nitrogens with one attached hydrogen (secondary N) is 1. The third-order valence-corrected chi connectivity index (χ3v) is 3.81. The van der Waals surface area contributed by atoms with Crippen molar-refractivity contribution in [2.24, 2.45) is 0 Å². The summed E-state index contributed by atoms with van der Waals surface area (Å²) in [7, 11) is 0. The molecule has 0 aliphatic carbocycles. The monoisotopic (exact) mass is 380 g/mol. The molecule has 3 aromatic rings. The summed E-state index contributed by atoms with van der Waals surface area (Å²) in [6.45, 7) is 2.75. The van der Waals surface area contributed by atoms with Gasteiger partial charge in [0.1, 0.15) is 17.8 Å². The smallest absolute Gasteiger partial charge is 0.373 e. The molecule has 0 unspecified atom stereocenters. The molecule has 0 amide bonds. The highest BCUT2D eigenvalue weighted by Crippen LogP contribution is 2.35. The minimum atomic E-state index is -0.567. The lowest BCUT2D eigenvalue weighted by Gasteiger charge is -2.10. The third-order valence-electron chi connectivity index (χ3n) is 3.81. The summed E-state index contributed by atoms with van der Waals surface area (Å²) >= 11 is 0. The second-order valence-electron chi connectivity index (χ2n) is 5.90. The van der Waals surface area contributed by atoms with Crippen molar-refractivity contribution in [3.05, 3.63) is 71.0 Å². The van der Waals surface area contributed by atoms with Crippen LogP contribution in [0, 0.1) is 10.1 Å². The zero-order valence-corrected chi connectivity index (χ0v) is 15.4. The maximum atomic E-state index is 11.6. The first-order chi connectivity index (χ1) is 13.7. The number of hydrogen-bond donors (Lipinski definition) is 1. The number of aromatic nitrogens is 2. The van der Waals surface area contributed by atoms with Gasteiger partial charge in [0.15, 0.2) is 0 Å². The summed E-state index contributed by atoms with van der Waals surface area (Å²) < 4.78 is 11.2. The van der Waals surface area contributed by atoms with E-state index in [0.29, 0.717) is 18.0 Å². The Morgan fingerprint density at radius 3 is 2.46 bits per heavy atom. The molecule has 0 saturated heterocycles. The molecule has 0 radical (unpaired) electrons. The van der Waals surface area contributed by atoms with Gasteiger partial charge in [-0.3, -0.25) is 10.1 Å². The topological polar surface area (TPSA) is 99.4 Å². The number of anilines is 2. The van der Waals surface area contributed by atoms with E-state index in [9.17, 15) is 10.1 Å². The molecule has 1 heterocycles. The number of rotatable bonds is 9. The number of para-hydroxylation sites is 1. The van der Waals surface area contributed by atoms with Crippen LogP contribution in [0.2, 0.25) is 0 Å². The normalized spacial score (nSPS) is 10.3. The molecule has 8 heteroatoms. The average molecular weight is 380 g/mol. The standard InChI is InChI=1S/C20H20N4O4/c1-2-3-13-27-16-11-9-15(10-12-16)23-19-18(24(25)26)20(22-14-21-19)28-17-7-5-4-6-8-17/h4-12,14H,2-3,13H2,1H3,(H,21,22,23). The summed E-state index contributed by atoms with van der Waals surface area (Å²) in [5.74, 6) is 1.10. The Morgan fingerprint density at radius 2 is 1.79 bits per heavy atom. The molecule has 1 N–H and O–H groups in total. The van der Waals surface area contributed by atoms with Crippen molar-refractivity contribution in [1.82, 2.24) is 9.97 Å². The second kappa shape index (κ2) is 9.31. The first kappa shape index (κ1) is 19.1. The van der Waals surface area contributed by atoms with Crippen LogP contribution in [0.4, 0.5) is 17.2 Å². The van der Waals surface area contributed by atoms with E-state index in [1.165, 1.54) is 6.33 Å². The van der Waals surface area contributed by atoms with E-state index in [1.54, 1.807) is 48.5 Å². The van der Waals surface area contributed by atoms with E-state index < -0.39 is 4.92 Å². The van der Waals surface area contributed by atoms with Crippen LogP contribution in [0.5, 0.6) is 17.4 Å². The number of hydrogen-bond acceptors (Lipinski definition) is 7. The maximum absolute atomic E-state index is 11.6. The quantitative estimate of drug-likeness (QED) is 0.313. The van der Waals surface area contributed by atoms with Crippen LogP contribution >= 0.6 is 0 Å². The SMILES string of the molecule is CCCCOc1ccc(Nc2ncnc(Oc3ccccc3)c2[N+](=O)[O-])cc1. The largest absolute Gasteiger partial charge is 0.494 e. The number of benzene rings is 2. The van der Waals surface area contributed by atoms with Crippen LogP contribution in [0.1, 0.15) is 19.8 Å². The van der Waals surface area contributed by atoms with Gasteiger partial charge < -0.3 is 14.8 Å². The second-order valence-corrected chi connectivity index (χ2v) is 5.90. The van der Waals surface area contributed by atoms with Crippen LogP contribution in [-0.4, -0.2) is 21.5 Å². The van der Waals surface area contributed by atoms with Gasteiger partial charge in [-0.15, -0.1) is 0 Å². The maximum Gasteiger partial charge on any atom is 0.373 e. The fraction of sp³-hybridized carbons (Fsp3) is 0.200. The molecule has 8 nitrogen and oxygen atoms in total. The molecule has 28 heavy (non-hydrogen) atoms. The van der Waals surface area contributed by atoms with Crippen LogP contribution in [0.15, 0.2) is 60.9 Å². The molecule has 0 fully saturated rings. The highest BCUT2D eigenvalue weighted by molar-refractivity contribution is 5.69. The Hall–Kier alpha value is -3.68. The van der Waals surface area contributed by atoms with E-state index in [4.69, 9.17) is 9.47 Å². The predicted molar refractivity (Wildman–Crippen MR) is 105 cm³/mol. The highest BCUT2D eigenvalue weighted by Gasteiger charge is 2.25. The van der Waals surface area contributed by atoms with Gasteiger partial charge in [0.25, 0.3) is 0 Å².